The summed E-state index contributed by atoms with van der Waals surface area (Å²) in [6.45, 7) is 5.27. The molecule has 24 heavy (non-hydrogen) atoms. The molecule has 7 nitrogen and oxygen atoms in total. The Morgan fingerprint density at radius 1 is 1.12 bits per heavy atom. The predicted octanol–water partition coefficient (Wildman–Crippen LogP) is -1.42. The summed E-state index contributed by atoms with van der Waals surface area (Å²) in [4.78, 5) is 39.4. The zero-order valence-corrected chi connectivity index (χ0v) is 14.2. The van der Waals surface area contributed by atoms with E-state index < -0.39 is 0 Å². The van der Waals surface area contributed by atoms with Crippen LogP contribution in [0, 0.1) is 11.8 Å². The van der Waals surface area contributed by atoms with Gasteiger partial charge in [-0.25, -0.2) is 0 Å². The molecule has 134 valence electrons. The maximum absolute atomic E-state index is 12.3. The van der Waals surface area contributed by atoms with E-state index in [1.165, 1.54) is 9.80 Å². The molecule has 0 spiro atoms. The smallest absolute Gasteiger partial charge is 0.233 e. The van der Waals surface area contributed by atoms with Crippen LogP contribution in [-0.2, 0) is 19.1 Å². The van der Waals surface area contributed by atoms with Crippen molar-refractivity contribution in [2.75, 3.05) is 45.9 Å². The first-order chi connectivity index (χ1) is 11.7. The lowest BCUT2D eigenvalue weighted by molar-refractivity contribution is -0.906. The number of fused-ring (bicyclic) bond motifs is 1. The van der Waals surface area contributed by atoms with Gasteiger partial charge in [0.2, 0.25) is 17.7 Å². The van der Waals surface area contributed by atoms with Crippen LogP contribution in [0.2, 0.25) is 0 Å². The van der Waals surface area contributed by atoms with E-state index in [2.05, 4.69) is 5.32 Å². The van der Waals surface area contributed by atoms with Gasteiger partial charge in [-0.1, -0.05) is 12.8 Å². The molecule has 0 aromatic carbocycles. The summed E-state index contributed by atoms with van der Waals surface area (Å²) in [5, 5.41) is 2.90. The zero-order chi connectivity index (χ0) is 16.9. The summed E-state index contributed by atoms with van der Waals surface area (Å²) in [6, 6.07) is 0. The van der Waals surface area contributed by atoms with Crippen molar-refractivity contribution in [3.63, 3.8) is 0 Å². The molecule has 2 saturated heterocycles. The summed E-state index contributed by atoms with van der Waals surface area (Å²) in [6.07, 6.45) is 3.90. The minimum atomic E-state index is -0.126. The quantitative estimate of drug-likeness (QED) is 0.583. The Kier molecular flexibility index (Phi) is 5.84. The van der Waals surface area contributed by atoms with Gasteiger partial charge in [-0.3, -0.25) is 19.3 Å². The van der Waals surface area contributed by atoms with Crippen LogP contribution in [0.3, 0.4) is 0 Å². The number of hydrogen-bond donors (Lipinski definition) is 2. The van der Waals surface area contributed by atoms with Crippen LogP contribution in [0.5, 0.6) is 0 Å². The van der Waals surface area contributed by atoms with Crippen LogP contribution in [0.15, 0.2) is 0 Å². The summed E-state index contributed by atoms with van der Waals surface area (Å²) >= 11 is 0. The summed E-state index contributed by atoms with van der Waals surface area (Å²) in [5.74, 6) is -0.456. The van der Waals surface area contributed by atoms with Gasteiger partial charge in [0.25, 0.3) is 0 Å². The molecule has 3 aliphatic rings. The highest BCUT2D eigenvalue weighted by Gasteiger charge is 2.47. The number of ether oxygens (including phenoxy) is 1. The van der Waals surface area contributed by atoms with Crippen LogP contribution in [0.1, 0.15) is 32.1 Å². The van der Waals surface area contributed by atoms with Gasteiger partial charge in [-0.15, -0.1) is 0 Å². The summed E-state index contributed by atoms with van der Waals surface area (Å²) in [7, 11) is 0. The SMILES string of the molecule is O=C(CCN1C(=O)[C@@H]2CCCC[C@H]2C1=O)NCC[NH+]1CCOCC1. The standard InChI is InChI=1S/C17H27N3O4/c21-15(18-6-8-19-9-11-24-12-10-19)5-7-20-16(22)13-3-1-2-4-14(13)17(20)23/h13-14H,1-12H2,(H,18,21)/p+1/t13-,14-/m1/s1. The third kappa shape index (κ3) is 3.95. The fourth-order valence-electron chi connectivity index (χ4n) is 4.04. The van der Waals surface area contributed by atoms with Gasteiger partial charge in [0.15, 0.2) is 0 Å². The number of amides is 3. The van der Waals surface area contributed by atoms with E-state index in [0.717, 1.165) is 58.5 Å². The molecule has 1 aliphatic carbocycles. The molecular weight excluding hydrogens is 310 g/mol. The third-order valence-corrected chi connectivity index (χ3v) is 5.50. The van der Waals surface area contributed by atoms with E-state index in [1.54, 1.807) is 0 Å². The fourth-order valence-corrected chi connectivity index (χ4v) is 4.04. The van der Waals surface area contributed by atoms with E-state index in [1.807, 2.05) is 0 Å². The number of carbonyl (C=O) groups is 3. The first kappa shape index (κ1) is 17.4. The average molecular weight is 338 g/mol. The van der Waals surface area contributed by atoms with Crippen molar-refractivity contribution in [3.8, 4) is 0 Å². The maximum Gasteiger partial charge on any atom is 0.233 e. The summed E-state index contributed by atoms with van der Waals surface area (Å²) < 4.78 is 5.31. The van der Waals surface area contributed by atoms with Gasteiger partial charge < -0.3 is 15.0 Å². The molecule has 2 N–H and O–H groups in total. The van der Waals surface area contributed by atoms with Crippen molar-refractivity contribution in [1.82, 2.24) is 10.2 Å². The van der Waals surface area contributed by atoms with Crippen molar-refractivity contribution in [2.24, 2.45) is 11.8 Å². The van der Waals surface area contributed by atoms with Crippen molar-refractivity contribution in [1.29, 1.82) is 0 Å². The maximum atomic E-state index is 12.3. The molecule has 2 heterocycles. The van der Waals surface area contributed by atoms with E-state index in [4.69, 9.17) is 4.74 Å². The highest BCUT2D eigenvalue weighted by molar-refractivity contribution is 6.05. The highest BCUT2D eigenvalue weighted by atomic mass is 16.5. The molecule has 0 bridgehead atoms. The molecule has 3 fully saturated rings. The molecule has 1 saturated carbocycles. The molecule has 7 heteroatoms. The normalized spacial score (nSPS) is 28.1. The van der Waals surface area contributed by atoms with Gasteiger partial charge in [-0.05, 0) is 12.8 Å². The van der Waals surface area contributed by atoms with Crippen molar-refractivity contribution < 1.29 is 24.0 Å². The number of nitrogens with one attached hydrogen (secondary N) is 2. The number of likely N-dealkylation sites (tertiary alicyclic amines) is 1. The summed E-state index contributed by atoms with van der Waals surface area (Å²) in [5.41, 5.74) is 0. The average Bonchev–Trinajstić information content (AvgIpc) is 2.85. The predicted molar refractivity (Wildman–Crippen MR) is 86.2 cm³/mol. The number of quaternary nitrogens is 1. The van der Waals surface area contributed by atoms with Crippen LogP contribution < -0.4 is 10.2 Å². The van der Waals surface area contributed by atoms with Crippen molar-refractivity contribution in [3.05, 3.63) is 0 Å². The Morgan fingerprint density at radius 3 is 2.38 bits per heavy atom. The minimum Gasteiger partial charge on any atom is -0.370 e. The van der Waals surface area contributed by atoms with E-state index in [-0.39, 0.29) is 42.5 Å². The number of nitrogens with zero attached hydrogens (tertiary/aromatic N) is 1. The van der Waals surface area contributed by atoms with Crippen LogP contribution in [0.25, 0.3) is 0 Å². The fraction of sp³-hybridized carbons (Fsp3) is 0.824. The number of carbonyl (C=O) groups excluding carboxylic acids is 3. The molecule has 2 aliphatic heterocycles. The lowest BCUT2D eigenvalue weighted by atomic mass is 9.81. The van der Waals surface area contributed by atoms with E-state index in [0.29, 0.717) is 6.54 Å². The second-order valence-corrected chi connectivity index (χ2v) is 7.04. The van der Waals surface area contributed by atoms with E-state index >= 15 is 0 Å². The molecule has 2 atom stereocenters. The molecule has 0 aromatic rings. The van der Waals surface area contributed by atoms with Crippen LogP contribution in [-0.4, -0.2) is 68.6 Å². The van der Waals surface area contributed by atoms with Crippen molar-refractivity contribution in [2.45, 2.75) is 32.1 Å². The van der Waals surface area contributed by atoms with Gasteiger partial charge in [0, 0.05) is 13.0 Å². The zero-order valence-electron chi connectivity index (χ0n) is 14.2. The van der Waals surface area contributed by atoms with Crippen LogP contribution in [0.4, 0.5) is 0 Å². The first-order valence-electron chi connectivity index (χ1n) is 9.20. The topological polar surface area (TPSA) is 80.2 Å². The van der Waals surface area contributed by atoms with Gasteiger partial charge >= 0.3 is 0 Å². The van der Waals surface area contributed by atoms with Gasteiger partial charge in [0.1, 0.15) is 13.1 Å². The van der Waals surface area contributed by atoms with Crippen molar-refractivity contribution >= 4 is 17.7 Å². The number of hydrogen-bond acceptors (Lipinski definition) is 4. The van der Waals surface area contributed by atoms with Gasteiger partial charge in [-0.2, -0.15) is 0 Å². The Labute approximate surface area is 142 Å². The molecule has 0 unspecified atom stereocenters. The lowest BCUT2D eigenvalue weighted by Crippen LogP contribution is -3.14. The Hall–Kier alpha value is -1.47. The Morgan fingerprint density at radius 2 is 1.75 bits per heavy atom. The number of imide groups is 1. The molecule has 3 rings (SSSR count). The Bertz CT molecular complexity index is 466. The molecule has 0 radical (unpaired) electrons. The second-order valence-electron chi connectivity index (χ2n) is 7.04. The van der Waals surface area contributed by atoms with E-state index in [9.17, 15) is 14.4 Å². The number of rotatable bonds is 6. The molecular formula is C17H28N3O4+. The third-order valence-electron chi connectivity index (χ3n) is 5.50. The molecule has 3 amide bonds. The largest absolute Gasteiger partial charge is 0.370 e. The minimum absolute atomic E-state index is 0.0599. The second kappa shape index (κ2) is 8.07. The monoisotopic (exact) mass is 338 g/mol. The highest BCUT2D eigenvalue weighted by Crippen LogP contribution is 2.37. The van der Waals surface area contributed by atoms with Gasteiger partial charge in [0.05, 0.1) is 38.1 Å². The Balaban J connectivity index is 1.38. The molecule has 0 aromatic heterocycles. The lowest BCUT2D eigenvalue weighted by Gasteiger charge is -2.23. The van der Waals surface area contributed by atoms with Crippen LogP contribution >= 0.6 is 0 Å². The first-order valence-corrected chi connectivity index (χ1v) is 9.20. The number of morpholine rings is 1.